The van der Waals surface area contributed by atoms with Crippen molar-refractivity contribution in [1.82, 2.24) is 20.4 Å². The number of thiophene rings is 1. The number of piperidine rings is 1. The summed E-state index contributed by atoms with van der Waals surface area (Å²) in [6.45, 7) is 1.21. The Labute approximate surface area is 132 Å². The first-order valence-corrected chi connectivity index (χ1v) is 8.12. The highest BCUT2D eigenvalue weighted by Gasteiger charge is 2.28. The minimum absolute atomic E-state index is 0.0637. The van der Waals surface area contributed by atoms with Gasteiger partial charge in [0.1, 0.15) is 10.9 Å². The predicted molar refractivity (Wildman–Crippen MR) is 83.2 cm³/mol. The highest BCUT2D eigenvalue weighted by molar-refractivity contribution is 7.12. The second kappa shape index (κ2) is 6.62. The Hall–Kier alpha value is -2.33. The van der Waals surface area contributed by atoms with Crippen LogP contribution in [-0.2, 0) is 6.54 Å². The van der Waals surface area contributed by atoms with Gasteiger partial charge in [-0.15, -0.1) is 11.3 Å². The molecule has 2 N–H and O–H groups in total. The number of hydrogen-bond donors (Lipinski definition) is 2. The number of carbonyl (C=O) groups is 1. The van der Waals surface area contributed by atoms with E-state index in [0.29, 0.717) is 11.4 Å². The van der Waals surface area contributed by atoms with Gasteiger partial charge in [-0.05, 0) is 37.5 Å². The highest BCUT2D eigenvalue weighted by atomic mass is 32.1. The summed E-state index contributed by atoms with van der Waals surface area (Å²) < 4.78 is 0. The molecule has 1 atom stereocenters. The summed E-state index contributed by atoms with van der Waals surface area (Å²) >= 11 is 1.41. The average molecular weight is 315 g/mol. The standard InChI is InChI=1S/C15H17N5OS/c16-9-11-4-5-12(22-11)10-17-15(21)20-8-2-1-3-14(20)13-6-7-18-19-13/h4-7,14H,1-3,8,10H2,(H,17,21)(H,18,19)/t14-/m1/s1. The summed E-state index contributed by atoms with van der Waals surface area (Å²) in [5.74, 6) is 0. The molecule has 0 unspecified atom stereocenters. The maximum atomic E-state index is 12.5. The van der Waals surface area contributed by atoms with Crippen LogP contribution < -0.4 is 5.32 Å². The zero-order valence-corrected chi connectivity index (χ0v) is 12.9. The Kier molecular flexibility index (Phi) is 4.39. The minimum atomic E-state index is -0.0637. The molecule has 0 bridgehead atoms. The lowest BCUT2D eigenvalue weighted by atomic mass is 10.00. The number of hydrogen-bond acceptors (Lipinski definition) is 4. The van der Waals surface area contributed by atoms with Gasteiger partial charge in [0.15, 0.2) is 0 Å². The lowest BCUT2D eigenvalue weighted by Crippen LogP contribution is -2.44. The molecule has 1 saturated heterocycles. The van der Waals surface area contributed by atoms with Gasteiger partial charge in [0.05, 0.1) is 18.3 Å². The topological polar surface area (TPSA) is 84.8 Å². The number of amides is 2. The molecule has 3 heterocycles. The molecule has 0 aromatic carbocycles. The van der Waals surface area contributed by atoms with Crippen LogP contribution in [0.1, 0.15) is 40.8 Å². The van der Waals surface area contributed by atoms with Crippen molar-refractivity contribution in [1.29, 1.82) is 5.26 Å². The molecule has 0 saturated carbocycles. The van der Waals surface area contributed by atoms with Crippen LogP contribution in [-0.4, -0.2) is 27.7 Å². The van der Waals surface area contributed by atoms with Gasteiger partial charge >= 0.3 is 6.03 Å². The zero-order chi connectivity index (χ0) is 15.4. The van der Waals surface area contributed by atoms with E-state index in [4.69, 9.17) is 5.26 Å². The van der Waals surface area contributed by atoms with Gasteiger partial charge < -0.3 is 10.2 Å². The third-order valence-electron chi connectivity index (χ3n) is 3.83. The summed E-state index contributed by atoms with van der Waals surface area (Å²) in [6, 6.07) is 7.69. The van der Waals surface area contributed by atoms with Crippen molar-refractivity contribution in [2.45, 2.75) is 31.8 Å². The van der Waals surface area contributed by atoms with E-state index in [1.54, 1.807) is 12.3 Å². The monoisotopic (exact) mass is 315 g/mol. The van der Waals surface area contributed by atoms with Crippen molar-refractivity contribution < 1.29 is 4.79 Å². The van der Waals surface area contributed by atoms with Crippen LogP contribution in [0, 0.1) is 11.3 Å². The van der Waals surface area contributed by atoms with Gasteiger partial charge in [0.25, 0.3) is 0 Å². The molecule has 2 aromatic rings. The van der Waals surface area contributed by atoms with Crippen molar-refractivity contribution in [3.63, 3.8) is 0 Å². The summed E-state index contributed by atoms with van der Waals surface area (Å²) in [4.78, 5) is 16.0. The molecule has 1 aliphatic heterocycles. The number of nitriles is 1. The number of likely N-dealkylation sites (tertiary alicyclic amines) is 1. The third kappa shape index (κ3) is 3.12. The summed E-state index contributed by atoms with van der Waals surface area (Å²) in [5, 5.41) is 18.7. The van der Waals surface area contributed by atoms with Crippen LogP contribution >= 0.6 is 11.3 Å². The van der Waals surface area contributed by atoms with Crippen LogP contribution in [0.3, 0.4) is 0 Å². The summed E-state index contributed by atoms with van der Waals surface area (Å²) in [6.07, 6.45) is 4.81. The Morgan fingerprint density at radius 3 is 3.14 bits per heavy atom. The molecular weight excluding hydrogens is 298 g/mol. The molecule has 2 aromatic heterocycles. The van der Waals surface area contributed by atoms with Crippen molar-refractivity contribution in [3.05, 3.63) is 39.8 Å². The van der Waals surface area contributed by atoms with Crippen LogP contribution in [0.5, 0.6) is 0 Å². The maximum absolute atomic E-state index is 12.5. The number of aromatic amines is 1. The molecule has 6 nitrogen and oxygen atoms in total. The number of nitrogens with zero attached hydrogens (tertiary/aromatic N) is 3. The van der Waals surface area contributed by atoms with Crippen LogP contribution in [0.2, 0.25) is 0 Å². The molecule has 114 valence electrons. The van der Waals surface area contributed by atoms with E-state index < -0.39 is 0 Å². The Balaban J connectivity index is 1.63. The van der Waals surface area contributed by atoms with E-state index in [1.807, 2.05) is 17.0 Å². The van der Waals surface area contributed by atoms with Crippen molar-refractivity contribution in [2.24, 2.45) is 0 Å². The second-order valence-electron chi connectivity index (χ2n) is 5.25. The molecule has 1 aliphatic rings. The van der Waals surface area contributed by atoms with Crippen LogP contribution in [0.25, 0.3) is 0 Å². The van der Waals surface area contributed by atoms with E-state index in [1.165, 1.54) is 11.3 Å². The Morgan fingerprint density at radius 2 is 2.41 bits per heavy atom. The van der Waals surface area contributed by atoms with E-state index in [-0.39, 0.29) is 12.1 Å². The number of nitrogens with one attached hydrogen (secondary N) is 2. The number of carbonyl (C=O) groups excluding carboxylic acids is 1. The smallest absolute Gasteiger partial charge is 0.318 e. The maximum Gasteiger partial charge on any atom is 0.318 e. The first-order valence-electron chi connectivity index (χ1n) is 7.30. The summed E-state index contributed by atoms with van der Waals surface area (Å²) in [5.41, 5.74) is 0.984. The predicted octanol–water partition coefficient (Wildman–Crippen LogP) is 2.78. The van der Waals surface area contributed by atoms with E-state index in [2.05, 4.69) is 21.6 Å². The van der Waals surface area contributed by atoms with Crippen molar-refractivity contribution in [2.75, 3.05) is 6.54 Å². The fraction of sp³-hybridized carbons (Fsp3) is 0.400. The first kappa shape index (κ1) is 14.6. The van der Waals surface area contributed by atoms with Gasteiger partial charge in [0.2, 0.25) is 0 Å². The first-order chi connectivity index (χ1) is 10.8. The molecule has 22 heavy (non-hydrogen) atoms. The van der Waals surface area contributed by atoms with Gasteiger partial charge in [-0.25, -0.2) is 4.79 Å². The zero-order valence-electron chi connectivity index (χ0n) is 12.1. The Morgan fingerprint density at radius 1 is 1.50 bits per heavy atom. The number of rotatable bonds is 3. The van der Waals surface area contributed by atoms with E-state index >= 15 is 0 Å². The van der Waals surface area contributed by atoms with Crippen LogP contribution in [0.15, 0.2) is 24.4 Å². The second-order valence-corrected chi connectivity index (χ2v) is 6.42. The lowest BCUT2D eigenvalue weighted by Gasteiger charge is -2.35. The van der Waals surface area contributed by atoms with Gasteiger partial charge in [-0.3, -0.25) is 5.10 Å². The SMILES string of the molecule is N#Cc1ccc(CNC(=O)N2CCCC[C@@H]2c2ccn[nH]2)s1. The number of H-pyrrole nitrogens is 1. The molecule has 7 heteroatoms. The number of urea groups is 1. The lowest BCUT2D eigenvalue weighted by molar-refractivity contribution is 0.149. The van der Waals surface area contributed by atoms with Crippen molar-refractivity contribution >= 4 is 17.4 Å². The summed E-state index contributed by atoms with van der Waals surface area (Å²) in [7, 11) is 0. The highest BCUT2D eigenvalue weighted by Crippen LogP contribution is 2.29. The largest absolute Gasteiger partial charge is 0.333 e. The molecule has 1 fully saturated rings. The molecule has 0 radical (unpaired) electrons. The molecule has 3 rings (SSSR count). The normalized spacial score (nSPS) is 18.0. The van der Waals surface area contributed by atoms with E-state index in [0.717, 1.165) is 36.4 Å². The van der Waals surface area contributed by atoms with Gasteiger partial charge in [0, 0.05) is 17.6 Å². The Bertz CT molecular complexity index is 672. The molecule has 0 aliphatic carbocycles. The minimum Gasteiger partial charge on any atom is -0.333 e. The molecular formula is C15H17N5OS. The molecule has 2 amide bonds. The fourth-order valence-electron chi connectivity index (χ4n) is 2.75. The van der Waals surface area contributed by atoms with E-state index in [9.17, 15) is 4.79 Å². The van der Waals surface area contributed by atoms with Crippen molar-refractivity contribution in [3.8, 4) is 6.07 Å². The van der Waals surface area contributed by atoms with Gasteiger partial charge in [-0.1, -0.05) is 0 Å². The number of aromatic nitrogens is 2. The average Bonchev–Trinajstić information content (AvgIpc) is 3.24. The molecule has 0 spiro atoms. The third-order valence-corrected chi connectivity index (χ3v) is 4.82. The fourth-order valence-corrected chi connectivity index (χ4v) is 3.49. The van der Waals surface area contributed by atoms with Crippen LogP contribution in [0.4, 0.5) is 4.79 Å². The van der Waals surface area contributed by atoms with Gasteiger partial charge in [-0.2, -0.15) is 10.4 Å². The quantitative estimate of drug-likeness (QED) is 0.913.